The molecule has 1 atom stereocenters. The molecule has 0 aliphatic heterocycles. The number of ether oxygens (including phenoxy) is 1. The number of benzene rings is 1. The van der Waals surface area contributed by atoms with Crippen LogP contribution >= 0.6 is 7.60 Å². The first-order chi connectivity index (χ1) is 12.6. The zero-order chi connectivity index (χ0) is 20.7. The van der Waals surface area contributed by atoms with Crippen LogP contribution in [0.3, 0.4) is 0 Å². The molecule has 1 rings (SSSR count). The van der Waals surface area contributed by atoms with Gasteiger partial charge in [0.2, 0.25) is 5.54 Å². The first-order valence-corrected chi connectivity index (χ1v) is 9.51. The Kier molecular flexibility index (Phi) is 8.01. The molecule has 0 spiro atoms. The van der Waals surface area contributed by atoms with Crippen LogP contribution < -0.4 is 5.32 Å². The minimum absolute atomic E-state index is 0.100. The second-order valence-electron chi connectivity index (χ2n) is 5.32. The van der Waals surface area contributed by atoms with Crippen LogP contribution in [-0.2, 0) is 29.6 Å². The van der Waals surface area contributed by atoms with Crippen LogP contribution in [-0.4, -0.2) is 43.7 Å². The molecule has 1 N–H and O–H groups in total. The summed E-state index contributed by atoms with van der Waals surface area (Å²) in [6.45, 7) is 2.28. The highest BCUT2D eigenvalue weighted by Crippen LogP contribution is 2.50. The lowest BCUT2D eigenvalue weighted by Crippen LogP contribution is -2.65. The smallest absolute Gasteiger partial charge is 0.422 e. The average molecular weight is 411 g/mol. The summed E-state index contributed by atoms with van der Waals surface area (Å²) < 4.78 is 68.1. The number of nitrogens with one attached hydrogen (secondary N) is 1. The molecule has 0 fully saturated rings. The molecule has 1 aromatic carbocycles. The second-order valence-corrected chi connectivity index (χ2v) is 7.24. The van der Waals surface area contributed by atoms with Crippen molar-refractivity contribution in [2.45, 2.75) is 32.0 Å². The van der Waals surface area contributed by atoms with Crippen molar-refractivity contribution in [3.8, 4) is 0 Å². The number of methoxy groups -OCH3 is 1. The minimum Gasteiger partial charge on any atom is -0.467 e. The summed E-state index contributed by atoms with van der Waals surface area (Å²) in [5.74, 6) is -1.76. The number of hydrogen-bond acceptors (Lipinski definition) is 6. The van der Waals surface area contributed by atoms with Crippen molar-refractivity contribution in [2.24, 2.45) is 0 Å². The summed E-state index contributed by atoms with van der Waals surface area (Å²) in [6.07, 6.45) is -6.22. The molecule has 152 valence electrons. The topological polar surface area (TPSA) is 90.9 Å². The van der Waals surface area contributed by atoms with E-state index in [9.17, 15) is 27.3 Å². The summed E-state index contributed by atoms with van der Waals surface area (Å²) in [5.41, 5.74) is -5.04. The maximum atomic E-state index is 13.9. The molecular formula is C16H21F3NO6P. The normalized spacial score (nSPS) is 14.3. The van der Waals surface area contributed by atoms with Crippen molar-refractivity contribution in [3.63, 3.8) is 0 Å². The maximum absolute atomic E-state index is 13.9. The maximum Gasteiger partial charge on any atom is 0.422 e. The first kappa shape index (κ1) is 23.1. The lowest BCUT2D eigenvalue weighted by atomic mass is 9.90. The van der Waals surface area contributed by atoms with Crippen molar-refractivity contribution in [2.75, 3.05) is 20.3 Å². The van der Waals surface area contributed by atoms with Gasteiger partial charge in [-0.05, 0) is 19.4 Å². The van der Waals surface area contributed by atoms with Gasteiger partial charge in [0, 0.05) is 6.42 Å². The monoisotopic (exact) mass is 411 g/mol. The van der Waals surface area contributed by atoms with E-state index in [4.69, 9.17) is 9.05 Å². The number of amides is 1. The number of esters is 1. The molecule has 0 heterocycles. The molecule has 27 heavy (non-hydrogen) atoms. The third kappa shape index (κ3) is 5.31. The Morgan fingerprint density at radius 3 is 2.00 bits per heavy atom. The van der Waals surface area contributed by atoms with Gasteiger partial charge in [0.05, 0.1) is 20.3 Å². The van der Waals surface area contributed by atoms with Gasteiger partial charge in [-0.25, -0.2) is 9.36 Å². The molecule has 0 aliphatic carbocycles. The second kappa shape index (κ2) is 9.34. The van der Waals surface area contributed by atoms with Gasteiger partial charge in [-0.1, -0.05) is 30.3 Å². The van der Waals surface area contributed by atoms with Gasteiger partial charge in [0.15, 0.2) is 0 Å². The molecule has 1 aromatic rings. The quantitative estimate of drug-likeness (QED) is 0.493. The van der Waals surface area contributed by atoms with E-state index in [-0.39, 0.29) is 18.8 Å². The molecule has 7 nitrogen and oxygen atoms in total. The molecule has 0 aliphatic rings. The highest BCUT2D eigenvalue weighted by atomic mass is 31.2. The van der Waals surface area contributed by atoms with Crippen molar-refractivity contribution < 1.29 is 41.1 Å². The number of carbonyl (C=O) groups is 2. The Bertz CT molecular complexity index is 687. The Hall–Kier alpha value is -1.90. The van der Waals surface area contributed by atoms with Crippen molar-refractivity contribution in [1.29, 1.82) is 0 Å². The largest absolute Gasteiger partial charge is 0.467 e. The van der Waals surface area contributed by atoms with Crippen molar-refractivity contribution in [1.82, 2.24) is 5.32 Å². The minimum atomic E-state index is -5.26. The van der Waals surface area contributed by atoms with Crippen LogP contribution in [0.4, 0.5) is 18.0 Å². The van der Waals surface area contributed by atoms with Crippen LogP contribution in [0.25, 0.3) is 0 Å². The zero-order valence-electron chi connectivity index (χ0n) is 15.0. The Morgan fingerprint density at radius 2 is 1.59 bits per heavy atom. The highest BCUT2D eigenvalue weighted by molar-refractivity contribution is 7.71. The third-order valence-corrected chi connectivity index (χ3v) is 5.30. The highest BCUT2D eigenvalue weighted by Gasteiger charge is 2.63. The van der Waals surface area contributed by atoms with Gasteiger partial charge < -0.3 is 19.1 Å². The fourth-order valence-corrected chi connectivity index (χ4v) is 3.59. The molecule has 0 saturated carbocycles. The van der Waals surface area contributed by atoms with E-state index in [2.05, 4.69) is 4.74 Å². The lowest BCUT2D eigenvalue weighted by Gasteiger charge is -2.34. The average Bonchev–Trinajstić information content (AvgIpc) is 2.60. The zero-order valence-corrected chi connectivity index (χ0v) is 15.9. The number of carbonyl (C=O) groups excluding carboxylic acids is 2. The van der Waals surface area contributed by atoms with Crippen LogP contribution in [0.5, 0.6) is 0 Å². The number of rotatable bonds is 9. The SMILES string of the molecule is CCOP(=O)(OCC)C(=O)NC(Cc1ccccc1)(C(=O)OC)C(F)(F)F. The van der Waals surface area contributed by atoms with Crippen LogP contribution in [0.15, 0.2) is 30.3 Å². The van der Waals surface area contributed by atoms with Gasteiger partial charge >= 0.3 is 25.4 Å². The van der Waals surface area contributed by atoms with Gasteiger partial charge in [-0.15, -0.1) is 0 Å². The Balaban J connectivity index is 3.41. The summed E-state index contributed by atoms with van der Waals surface area (Å²) in [6, 6.07) is 7.22. The van der Waals surface area contributed by atoms with Crippen molar-refractivity contribution in [3.05, 3.63) is 35.9 Å². The molecule has 0 radical (unpaired) electrons. The third-order valence-electron chi connectivity index (χ3n) is 3.50. The van der Waals surface area contributed by atoms with E-state index in [0.29, 0.717) is 0 Å². The molecule has 0 saturated heterocycles. The molecule has 0 aromatic heterocycles. The van der Waals surface area contributed by atoms with E-state index in [1.54, 1.807) is 6.07 Å². The number of hydrogen-bond donors (Lipinski definition) is 1. The van der Waals surface area contributed by atoms with E-state index in [0.717, 1.165) is 7.11 Å². The lowest BCUT2D eigenvalue weighted by molar-refractivity contribution is -0.209. The predicted molar refractivity (Wildman–Crippen MR) is 90.3 cm³/mol. The van der Waals surface area contributed by atoms with Crippen LogP contribution in [0.2, 0.25) is 0 Å². The van der Waals surface area contributed by atoms with E-state index in [1.165, 1.54) is 43.4 Å². The summed E-state index contributed by atoms with van der Waals surface area (Å²) >= 11 is 0. The van der Waals surface area contributed by atoms with Gasteiger partial charge in [-0.3, -0.25) is 4.79 Å². The Labute approximate surface area is 154 Å². The van der Waals surface area contributed by atoms with E-state index < -0.39 is 37.3 Å². The van der Waals surface area contributed by atoms with E-state index in [1.807, 2.05) is 0 Å². The molecule has 11 heteroatoms. The van der Waals surface area contributed by atoms with E-state index >= 15 is 0 Å². The predicted octanol–water partition coefficient (Wildman–Crippen LogP) is 3.68. The standard InChI is InChI=1S/C16H21F3NO6P/c1-4-25-27(23,26-5-2)14(22)20-15(13(21)24-3,16(17,18)19)11-12-9-7-6-8-10-12/h6-10H,4-5,11H2,1-3H3,(H,20,22). The summed E-state index contributed by atoms with van der Waals surface area (Å²) in [4.78, 5) is 24.5. The first-order valence-electron chi connectivity index (χ1n) is 7.97. The van der Waals surface area contributed by atoms with Crippen LogP contribution in [0.1, 0.15) is 19.4 Å². The number of alkyl halides is 3. The summed E-state index contributed by atoms with van der Waals surface area (Å²) in [5, 5.41) is 1.53. The van der Waals surface area contributed by atoms with Gasteiger partial charge in [0.25, 0.3) is 0 Å². The molecular weight excluding hydrogens is 390 g/mol. The Morgan fingerprint density at radius 1 is 1.07 bits per heavy atom. The fourth-order valence-electron chi connectivity index (χ4n) is 2.28. The molecule has 1 unspecified atom stereocenters. The number of halogens is 3. The van der Waals surface area contributed by atoms with Crippen molar-refractivity contribution >= 4 is 19.2 Å². The molecule has 0 bridgehead atoms. The van der Waals surface area contributed by atoms with Gasteiger partial charge in [0.1, 0.15) is 0 Å². The fraction of sp³-hybridized carbons (Fsp3) is 0.500. The van der Waals surface area contributed by atoms with Gasteiger partial charge in [-0.2, -0.15) is 13.2 Å². The molecule has 1 amide bonds. The van der Waals surface area contributed by atoms with Crippen LogP contribution in [0, 0.1) is 0 Å². The summed E-state index contributed by atoms with van der Waals surface area (Å²) in [7, 11) is -3.83.